The summed E-state index contributed by atoms with van der Waals surface area (Å²) in [6.07, 6.45) is 6.66. The van der Waals surface area contributed by atoms with E-state index in [0.29, 0.717) is 21.5 Å². The lowest BCUT2D eigenvalue weighted by molar-refractivity contribution is 0.0398. The molecule has 0 amide bonds. The van der Waals surface area contributed by atoms with Gasteiger partial charge in [0.15, 0.2) is 0 Å². The normalized spacial score (nSPS) is 14.9. The van der Waals surface area contributed by atoms with Gasteiger partial charge in [0.05, 0.1) is 56.8 Å². The first-order valence-electron chi connectivity index (χ1n) is 29.7. The third-order valence-corrected chi connectivity index (χ3v) is 16.1. The quantitative estimate of drug-likeness (QED) is 0.0863. The number of rotatable bonds is 16. The Balaban J connectivity index is 0.000000146. The first kappa shape index (κ1) is 62.5. The van der Waals surface area contributed by atoms with Crippen molar-refractivity contribution in [3.8, 4) is 0 Å². The van der Waals surface area contributed by atoms with E-state index in [4.69, 9.17) is 4.74 Å². The minimum absolute atomic E-state index is 0.00217. The number of ether oxygens (including phenoxy) is 1. The monoisotopic (exact) mass is 1150 g/mol. The van der Waals surface area contributed by atoms with Gasteiger partial charge in [-0.3, -0.25) is 42.3 Å². The van der Waals surface area contributed by atoms with Crippen molar-refractivity contribution in [2.24, 2.45) is 28.2 Å². The average molecular weight is 1150 g/mol. The van der Waals surface area contributed by atoms with Crippen molar-refractivity contribution in [3.05, 3.63) is 138 Å². The van der Waals surface area contributed by atoms with Gasteiger partial charge in [0.2, 0.25) is 0 Å². The maximum atomic E-state index is 12.2. The molecule has 21 heteroatoms. The summed E-state index contributed by atoms with van der Waals surface area (Å²) in [5.74, 6) is 2.93. The summed E-state index contributed by atoms with van der Waals surface area (Å²) in [4.78, 5) is 76.0. The highest BCUT2D eigenvalue weighted by Crippen LogP contribution is 2.19. The van der Waals surface area contributed by atoms with Crippen LogP contribution in [0.15, 0.2) is 92.0 Å². The summed E-state index contributed by atoms with van der Waals surface area (Å²) in [5.41, 5.74) is 7.12. The molecule has 4 N–H and O–H groups in total. The van der Waals surface area contributed by atoms with Gasteiger partial charge in [-0.2, -0.15) is 0 Å². The molecule has 0 saturated carbocycles. The predicted octanol–water partition coefficient (Wildman–Crippen LogP) is 6.09. The van der Waals surface area contributed by atoms with E-state index in [9.17, 15) is 19.2 Å². The van der Waals surface area contributed by atoms with E-state index in [0.717, 1.165) is 147 Å². The molecular weight excluding hydrogens is 1060 g/mol. The summed E-state index contributed by atoms with van der Waals surface area (Å²) in [6, 6.07) is 23.0. The molecule has 0 bridgehead atoms. The van der Waals surface area contributed by atoms with Crippen molar-refractivity contribution >= 4 is 66.4 Å². The van der Waals surface area contributed by atoms with Crippen LogP contribution in [0.1, 0.15) is 55.4 Å². The summed E-state index contributed by atoms with van der Waals surface area (Å²) in [6.45, 7) is 23.6. The van der Waals surface area contributed by atoms with Gasteiger partial charge < -0.3 is 40.7 Å². The largest absolute Gasteiger partial charge is 0.384 e. The van der Waals surface area contributed by atoms with E-state index in [-0.39, 0.29) is 22.2 Å². The zero-order valence-corrected chi connectivity index (χ0v) is 51.2. The molecule has 3 saturated heterocycles. The second-order valence-corrected chi connectivity index (χ2v) is 22.4. The Kier molecular flexibility index (Phi) is 22.2. The second-order valence-electron chi connectivity index (χ2n) is 22.4. The Bertz CT molecular complexity index is 3640. The van der Waals surface area contributed by atoms with E-state index in [2.05, 4.69) is 60.8 Å². The smallest absolute Gasteiger partial charge is 0.261 e. The molecule has 0 atom stereocenters. The number of aryl methyl sites for hydroxylation is 4. The number of aromatic nitrogens is 8. The van der Waals surface area contributed by atoms with Gasteiger partial charge in [-0.05, 0) is 166 Å². The Labute approximate surface area is 492 Å². The zero-order chi connectivity index (χ0) is 59.9. The molecule has 11 rings (SSSR count). The van der Waals surface area contributed by atoms with Crippen molar-refractivity contribution in [1.82, 2.24) is 57.8 Å². The number of hydrogen-bond donors (Lipinski definition) is 4. The fourth-order valence-electron chi connectivity index (χ4n) is 10.5. The number of fused-ring (bicyclic) bond motifs is 4. The van der Waals surface area contributed by atoms with Gasteiger partial charge in [0.25, 0.3) is 22.2 Å². The molecule has 4 aromatic heterocycles. The number of hydrogen-bond acceptors (Lipinski definition) is 17. The number of anilines is 4. The van der Waals surface area contributed by atoms with Crippen LogP contribution in [0.2, 0.25) is 0 Å². The summed E-state index contributed by atoms with van der Waals surface area (Å²) >= 11 is 0. The first-order valence-corrected chi connectivity index (χ1v) is 29.7. The van der Waals surface area contributed by atoms with Crippen LogP contribution in [-0.2, 0) is 32.9 Å². The van der Waals surface area contributed by atoms with E-state index < -0.39 is 0 Å². The summed E-state index contributed by atoms with van der Waals surface area (Å²) < 4.78 is 11.7. The second kappa shape index (κ2) is 29.8. The molecule has 21 nitrogen and oxygen atoms in total. The third-order valence-electron chi connectivity index (χ3n) is 16.1. The SMILES string of the molecule is Cc1nc2cc(NCCN(C)C)ccc2c(=O)n1C.Cc1nc2cc(NCCN3CCCC3)ccc2c(=O)n1C.Cc1nc2cc(NCCN3CCCCC3)ccc2c(=O)n1C.Cc1nc2cc(NCCN3CCOCC3)ccc2c(=O)n1C. The lowest BCUT2D eigenvalue weighted by Crippen LogP contribution is -2.39. The fraction of sp³-hybridized carbons (Fsp3) is 0.492. The van der Waals surface area contributed by atoms with Crippen LogP contribution in [0, 0.1) is 27.7 Å². The molecular formula is C63H88N16O5. The summed E-state index contributed by atoms with van der Waals surface area (Å²) in [5, 5.41) is 16.3. The zero-order valence-electron chi connectivity index (χ0n) is 51.2. The van der Waals surface area contributed by atoms with Crippen LogP contribution in [0.4, 0.5) is 22.7 Å². The Hall–Kier alpha value is -7.56. The fourth-order valence-corrected chi connectivity index (χ4v) is 10.5. The number of piperidine rings is 1. The van der Waals surface area contributed by atoms with Crippen molar-refractivity contribution in [2.75, 3.05) is 140 Å². The highest BCUT2D eigenvalue weighted by molar-refractivity contribution is 5.84. The Morgan fingerprint density at radius 1 is 0.405 bits per heavy atom. The molecule has 0 radical (unpaired) electrons. The molecule has 3 aliphatic heterocycles. The van der Waals surface area contributed by atoms with Gasteiger partial charge >= 0.3 is 0 Å². The molecule has 3 fully saturated rings. The number of nitrogens with zero attached hydrogens (tertiary/aromatic N) is 12. The van der Waals surface area contributed by atoms with Gasteiger partial charge in [0, 0.05) is 116 Å². The molecule has 450 valence electrons. The van der Waals surface area contributed by atoms with E-state index in [1.807, 2.05) is 115 Å². The lowest BCUT2D eigenvalue weighted by Gasteiger charge is -2.26. The van der Waals surface area contributed by atoms with E-state index >= 15 is 0 Å². The van der Waals surface area contributed by atoms with E-state index in [1.165, 1.54) is 58.3 Å². The number of likely N-dealkylation sites (N-methyl/N-ethyl adjacent to an activating group) is 1. The summed E-state index contributed by atoms with van der Waals surface area (Å²) in [7, 11) is 11.1. The van der Waals surface area contributed by atoms with Crippen LogP contribution in [0.25, 0.3) is 43.6 Å². The molecule has 84 heavy (non-hydrogen) atoms. The van der Waals surface area contributed by atoms with Crippen molar-refractivity contribution in [2.45, 2.75) is 59.8 Å². The Morgan fingerprint density at radius 3 is 0.976 bits per heavy atom. The van der Waals surface area contributed by atoms with Gasteiger partial charge in [-0.25, -0.2) is 19.9 Å². The predicted molar refractivity (Wildman–Crippen MR) is 343 cm³/mol. The minimum Gasteiger partial charge on any atom is -0.384 e. The lowest BCUT2D eigenvalue weighted by atomic mass is 10.1. The van der Waals surface area contributed by atoms with Crippen LogP contribution in [0.3, 0.4) is 0 Å². The van der Waals surface area contributed by atoms with Crippen LogP contribution in [-0.4, -0.2) is 177 Å². The van der Waals surface area contributed by atoms with Crippen molar-refractivity contribution in [1.29, 1.82) is 0 Å². The molecule has 7 heterocycles. The first-order chi connectivity index (χ1) is 40.4. The highest BCUT2D eigenvalue weighted by atomic mass is 16.5. The molecule has 0 unspecified atom stereocenters. The average Bonchev–Trinajstić information content (AvgIpc) is 2.65. The Morgan fingerprint density at radius 2 is 0.679 bits per heavy atom. The molecule has 3 aliphatic rings. The topological polar surface area (TPSA) is 210 Å². The number of morpholine rings is 1. The third kappa shape index (κ3) is 16.6. The van der Waals surface area contributed by atoms with Crippen LogP contribution >= 0.6 is 0 Å². The van der Waals surface area contributed by atoms with Crippen LogP contribution in [0.5, 0.6) is 0 Å². The number of likely N-dealkylation sites (tertiary alicyclic amines) is 2. The minimum atomic E-state index is 0.00217. The molecule has 8 aromatic rings. The van der Waals surface area contributed by atoms with Gasteiger partial charge in [0.1, 0.15) is 23.3 Å². The number of nitrogens with one attached hydrogen (secondary N) is 4. The standard InChI is InChI=1S/C17H24N4O.C16H22N4O2.C16H22N4O.C14H20N4O/c1-13-19-16-12-14(6-7-15(16)17(22)20(13)2)18-8-11-21-9-4-3-5-10-21;1-12-18-15-11-13(3-4-14(15)16(21)19(12)2)17-5-6-20-7-9-22-10-8-20;1-12-18-15-11-13(5-6-14(15)16(21)19(12)2)17-7-10-20-8-3-4-9-20;1-10-16-13-9-11(15-7-8-17(2)3)5-6-12(13)14(19)18(10)4/h6-7,12,18H,3-5,8-11H2,1-2H3;3-4,11,17H,5-10H2,1-2H3;5-6,11,17H,3-4,7-10H2,1-2H3;5-6,9,15H,7-8H2,1-4H3. The molecule has 0 spiro atoms. The maximum Gasteiger partial charge on any atom is 0.261 e. The van der Waals surface area contributed by atoms with Crippen LogP contribution < -0.4 is 43.5 Å². The van der Waals surface area contributed by atoms with Gasteiger partial charge in [-0.15, -0.1) is 0 Å². The molecule has 4 aromatic carbocycles. The highest BCUT2D eigenvalue weighted by Gasteiger charge is 2.14. The molecule has 0 aliphatic carbocycles. The van der Waals surface area contributed by atoms with E-state index in [1.54, 1.807) is 46.5 Å². The van der Waals surface area contributed by atoms with Gasteiger partial charge in [-0.1, -0.05) is 6.42 Å². The number of benzene rings is 4. The van der Waals surface area contributed by atoms with Crippen molar-refractivity contribution < 1.29 is 4.74 Å². The van der Waals surface area contributed by atoms with Crippen molar-refractivity contribution in [3.63, 3.8) is 0 Å². The maximum absolute atomic E-state index is 12.2.